The average Bonchev–Trinajstić information content (AvgIpc) is 2.92. The van der Waals surface area contributed by atoms with Crippen LogP contribution in [0.2, 0.25) is 0 Å². The van der Waals surface area contributed by atoms with Gasteiger partial charge < -0.3 is 5.73 Å². The lowest BCUT2D eigenvalue weighted by atomic mass is 9.78. The molecule has 0 bridgehead atoms. The molecule has 1 saturated carbocycles. The summed E-state index contributed by atoms with van der Waals surface area (Å²) in [6.07, 6.45) is 5.55. The summed E-state index contributed by atoms with van der Waals surface area (Å²) in [6, 6.07) is 5.93. The van der Waals surface area contributed by atoms with Crippen molar-refractivity contribution in [1.82, 2.24) is 14.3 Å². The zero-order valence-corrected chi connectivity index (χ0v) is 13.6. The van der Waals surface area contributed by atoms with E-state index in [4.69, 9.17) is 5.73 Å². The number of aryl methyl sites for hydroxylation is 1. The van der Waals surface area contributed by atoms with Crippen LogP contribution < -0.4 is 11.3 Å². The summed E-state index contributed by atoms with van der Waals surface area (Å²) in [6.45, 7) is 4.86. The van der Waals surface area contributed by atoms with Gasteiger partial charge in [0.1, 0.15) is 5.65 Å². The predicted molar refractivity (Wildman–Crippen MR) is 90.3 cm³/mol. The van der Waals surface area contributed by atoms with Crippen LogP contribution in [-0.4, -0.2) is 33.4 Å². The molecule has 1 aliphatic carbocycles. The van der Waals surface area contributed by atoms with E-state index in [0.29, 0.717) is 12.0 Å². The van der Waals surface area contributed by atoms with E-state index < -0.39 is 0 Å². The first-order valence-electron chi connectivity index (χ1n) is 8.57. The smallest absolute Gasteiger partial charge is 0.258 e. The Hall–Kier alpha value is -1.72. The first-order chi connectivity index (χ1) is 11.1. The molecule has 5 heteroatoms. The van der Waals surface area contributed by atoms with E-state index in [1.54, 1.807) is 10.5 Å². The van der Waals surface area contributed by atoms with Gasteiger partial charge in [0.15, 0.2) is 0 Å². The first-order valence-corrected chi connectivity index (χ1v) is 8.57. The summed E-state index contributed by atoms with van der Waals surface area (Å²) < 4.78 is 1.62. The highest BCUT2D eigenvalue weighted by molar-refractivity contribution is 5.39. The summed E-state index contributed by atoms with van der Waals surface area (Å²) in [7, 11) is 0. The Morgan fingerprint density at radius 1 is 1.30 bits per heavy atom. The van der Waals surface area contributed by atoms with Crippen molar-refractivity contribution in [2.75, 3.05) is 13.1 Å². The molecular formula is C18H24N4O. The standard InChI is InChI=1S/C18H24N4O/c1-12-5-6-17-20-14(7-18(23)22(17)8-12)10-21-9-13-3-2-4-16(19)15(13)11-21/h5-8,13,15-16H,2-4,9-11,19H2,1H3. The van der Waals surface area contributed by atoms with Gasteiger partial charge in [0.05, 0.1) is 5.69 Å². The Bertz CT molecular complexity index is 784. The molecular weight excluding hydrogens is 288 g/mol. The zero-order valence-electron chi connectivity index (χ0n) is 13.6. The number of fused-ring (bicyclic) bond motifs is 2. The molecule has 5 nitrogen and oxygen atoms in total. The summed E-state index contributed by atoms with van der Waals surface area (Å²) in [5.41, 5.74) is 8.95. The molecule has 0 amide bonds. The number of nitrogens with two attached hydrogens (primary N) is 1. The molecule has 4 rings (SSSR count). The van der Waals surface area contributed by atoms with E-state index in [0.717, 1.165) is 48.9 Å². The molecule has 2 fully saturated rings. The Morgan fingerprint density at radius 3 is 3.00 bits per heavy atom. The number of hydrogen-bond acceptors (Lipinski definition) is 4. The van der Waals surface area contributed by atoms with Crippen molar-refractivity contribution < 1.29 is 0 Å². The van der Waals surface area contributed by atoms with Crippen molar-refractivity contribution in [2.45, 2.75) is 38.8 Å². The van der Waals surface area contributed by atoms with E-state index in [9.17, 15) is 4.79 Å². The maximum atomic E-state index is 12.3. The molecule has 2 aromatic heterocycles. The lowest BCUT2D eigenvalue weighted by molar-refractivity contribution is 0.259. The zero-order chi connectivity index (χ0) is 16.0. The fourth-order valence-corrected chi connectivity index (χ4v) is 4.31. The van der Waals surface area contributed by atoms with Crippen LogP contribution in [0.15, 0.2) is 29.2 Å². The molecule has 23 heavy (non-hydrogen) atoms. The van der Waals surface area contributed by atoms with Gasteiger partial charge in [0.25, 0.3) is 5.56 Å². The van der Waals surface area contributed by atoms with Crippen LogP contribution in [0.1, 0.15) is 30.5 Å². The third-order valence-electron chi connectivity index (χ3n) is 5.48. The van der Waals surface area contributed by atoms with Gasteiger partial charge in [-0.25, -0.2) is 4.98 Å². The molecule has 3 unspecified atom stereocenters. The number of hydrogen-bond donors (Lipinski definition) is 1. The van der Waals surface area contributed by atoms with E-state index in [1.165, 1.54) is 12.8 Å². The van der Waals surface area contributed by atoms with E-state index >= 15 is 0 Å². The van der Waals surface area contributed by atoms with Gasteiger partial charge in [-0.1, -0.05) is 12.5 Å². The summed E-state index contributed by atoms with van der Waals surface area (Å²) in [5.74, 6) is 1.34. The maximum absolute atomic E-state index is 12.3. The van der Waals surface area contributed by atoms with Gasteiger partial charge in [0.2, 0.25) is 0 Å². The van der Waals surface area contributed by atoms with Crippen LogP contribution in [-0.2, 0) is 6.54 Å². The predicted octanol–water partition coefficient (Wildman–Crippen LogP) is 1.56. The van der Waals surface area contributed by atoms with Crippen LogP contribution in [0.5, 0.6) is 0 Å². The van der Waals surface area contributed by atoms with Crippen LogP contribution >= 0.6 is 0 Å². The Balaban J connectivity index is 1.56. The van der Waals surface area contributed by atoms with Crippen molar-refractivity contribution in [3.05, 3.63) is 46.0 Å². The fourth-order valence-electron chi connectivity index (χ4n) is 4.31. The molecule has 0 spiro atoms. The van der Waals surface area contributed by atoms with Gasteiger partial charge in [-0.15, -0.1) is 0 Å². The molecule has 3 heterocycles. The monoisotopic (exact) mass is 312 g/mol. The average molecular weight is 312 g/mol. The van der Waals surface area contributed by atoms with Gasteiger partial charge in [-0.05, 0) is 43.2 Å². The fraction of sp³-hybridized carbons (Fsp3) is 0.556. The highest BCUT2D eigenvalue weighted by Gasteiger charge is 2.38. The molecule has 1 saturated heterocycles. The van der Waals surface area contributed by atoms with Crippen molar-refractivity contribution in [2.24, 2.45) is 17.6 Å². The second-order valence-electron chi connectivity index (χ2n) is 7.23. The lowest BCUT2D eigenvalue weighted by Gasteiger charge is -2.29. The number of rotatable bonds is 2. The van der Waals surface area contributed by atoms with Gasteiger partial charge >= 0.3 is 0 Å². The molecule has 122 valence electrons. The van der Waals surface area contributed by atoms with Crippen molar-refractivity contribution in [1.29, 1.82) is 0 Å². The quantitative estimate of drug-likeness (QED) is 0.914. The van der Waals surface area contributed by atoms with Gasteiger partial charge in [-0.2, -0.15) is 0 Å². The topological polar surface area (TPSA) is 63.6 Å². The Kier molecular flexibility index (Phi) is 3.70. The SMILES string of the molecule is Cc1ccc2nc(CN3CC4CCCC(N)C4C3)cc(=O)n2c1. The third-order valence-corrected chi connectivity index (χ3v) is 5.48. The largest absolute Gasteiger partial charge is 0.327 e. The lowest BCUT2D eigenvalue weighted by Crippen LogP contribution is -2.38. The summed E-state index contributed by atoms with van der Waals surface area (Å²) in [5, 5.41) is 0. The van der Waals surface area contributed by atoms with Crippen molar-refractivity contribution in [3.63, 3.8) is 0 Å². The number of likely N-dealkylation sites (tertiary alicyclic amines) is 1. The molecule has 3 atom stereocenters. The molecule has 2 aliphatic rings. The maximum Gasteiger partial charge on any atom is 0.258 e. The molecule has 0 radical (unpaired) electrons. The first kappa shape index (κ1) is 14.8. The van der Waals surface area contributed by atoms with Crippen molar-refractivity contribution >= 4 is 5.65 Å². The second kappa shape index (κ2) is 5.73. The molecule has 1 aliphatic heterocycles. The van der Waals surface area contributed by atoms with E-state index in [1.807, 2.05) is 25.3 Å². The van der Waals surface area contributed by atoms with Crippen LogP contribution in [0.3, 0.4) is 0 Å². The van der Waals surface area contributed by atoms with E-state index in [2.05, 4.69) is 9.88 Å². The molecule has 2 aromatic rings. The van der Waals surface area contributed by atoms with Gasteiger partial charge in [-0.3, -0.25) is 14.1 Å². The minimum Gasteiger partial charge on any atom is -0.327 e. The number of aromatic nitrogens is 2. The molecule has 2 N–H and O–H groups in total. The Labute approximate surface area is 136 Å². The van der Waals surface area contributed by atoms with Gasteiger partial charge in [0, 0.05) is 37.9 Å². The molecule has 0 aromatic carbocycles. The van der Waals surface area contributed by atoms with Crippen LogP contribution in [0.4, 0.5) is 0 Å². The summed E-state index contributed by atoms with van der Waals surface area (Å²) >= 11 is 0. The van der Waals surface area contributed by atoms with Crippen LogP contribution in [0, 0.1) is 18.8 Å². The normalized spacial score (nSPS) is 28.2. The highest BCUT2D eigenvalue weighted by Crippen LogP contribution is 2.35. The second-order valence-corrected chi connectivity index (χ2v) is 7.23. The highest BCUT2D eigenvalue weighted by atomic mass is 16.1. The third kappa shape index (κ3) is 2.79. The van der Waals surface area contributed by atoms with Crippen LogP contribution in [0.25, 0.3) is 5.65 Å². The van der Waals surface area contributed by atoms with Crippen molar-refractivity contribution in [3.8, 4) is 0 Å². The number of pyridine rings is 1. The Morgan fingerprint density at radius 2 is 2.17 bits per heavy atom. The van der Waals surface area contributed by atoms with E-state index in [-0.39, 0.29) is 5.56 Å². The number of nitrogens with zero attached hydrogens (tertiary/aromatic N) is 3. The minimum absolute atomic E-state index is 0.00187. The minimum atomic E-state index is 0.00187. The summed E-state index contributed by atoms with van der Waals surface area (Å²) in [4.78, 5) is 19.4.